The molecule has 0 aliphatic carbocycles. The molecule has 2 fully saturated rings. The van der Waals surface area contributed by atoms with Gasteiger partial charge in [0.05, 0.1) is 11.2 Å². The molecule has 0 atom stereocenters. The van der Waals surface area contributed by atoms with E-state index in [1.165, 1.54) is 0 Å². The highest BCUT2D eigenvalue weighted by atomic mass is 16.6. The number of piperidine rings is 1. The van der Waals surface area contributed by atoms with Gasteiger partial charge in [0.25, 0.3) is 0 Å². The summed E-state index contributed by atoms with van der Waals surface area (Å²) in [5, 5.41) is 0. The van der Waals surface area contributed by atoms with Crippen LogP contribution in [0.4, 0.5) is 4.79 Å². The van der Waals surface area contributed by atoms with E-state index >= 15 is 0 Å². The lowest BCUT2D eigenvalue weighted by Crippen LogP contribution is -2.63. The van der Waals surface area contributed by atoms with Crippen molar-refractivity contribution in [2.75, 3.05) is 32.7 Å². The number of hydrogen-bond donors (Lipinski definition) is 0. The first-order valence-corrected chi connectivity index (χ1v) is 8.45. The second kappa shape index (κ2) is 6.00. The summed E-state index contributed by atoms with van der Waals surface area (Å²) in [4.78, 5) is 16.5. The minimum atomic E-state index is -0.436. The van der Waals surface area contributed by atoms with E-state index in [1.54, 1.807) is 0 Å². The number of carbonyl (C=O) groups excluding carboxylic acids is 1. The summed E-state index contributed by atoms with van der Waals surface area (Å²) in [6, 6.07) is 0. The van der Waals surface area contributed by atoms with E-state index in [2.05, 4.69) is 25.7 Å². The molecule has 2 heterocycles. The maximum atomic E-state index is 12.2. The summed E-state index contributed by atoms with van der Waals surface area (Å²) in [7, 11) is 0. The molecule has 2 aliphatic rings. The topological polar surface area (TPSA) is 42.0 Å². The molecule has 0 aromatic heterocycles. The molecule has 5 nitrogen and oxygen atoms in total. The van der Waals surface area contributed by atoms with Gasteiger partial charge in [0.1, 0.15) is 5.60 Å². The summed E-state index contributed by atoms with van der Waals surface area (Å²) in [5.74, 6) is 0. The minimum absolute atomic E-state index is 0.115. The van der Waals surface area contributed by atoms with Crippen LogP contribution in [-0.2, 0) is 9.47 Å². The van der Waals surface area contributed by atoms with Crippen molar-refractivity contribution in [2.45, 2.75) is 71.2 Å². The zero-order chi connectivity index (χ0) is 16.6. The summed E-state index contributed by atoms with van der Waals surface area (Å²) in [5.41, 5.74) is -0.673. The van der Waals surface area contributed by atoms with E-state index in [0.717, 1.165) is 32.5 Å². The molecule has 22 heavy (non-hydrogen) atoms. The molecule has 128 valence electrons. The van der Waals surface area contributed by atoms with Gasteiger partial charge < -0.3 is 14.4 Å². The lowest BCUT2D eigenvalue weighted by molar-refractivity contribution is -0.211. The van der Waals surface area contributed by atoms with Gasteiger partial charge in [0, 0.05) is 26.2 Å². The third-order valence-corrected chi connectivity index (χ3v) is 4.38. The average Bonchev–Trinajstić information content (AvgIpc) is 2.35. The molecular formula is C17H32N2O3. The van der Waals surface area contributed by atoms with E-state index in [0.29, 0.717) is 13.1 Å². The number of nitrogens with zero attached hydrogens (tertiary/aromatic N) is 2. The van der Waals surface area contributed by atoms with Crippen LogP contribution in [0.15, 0.2) is 0 Å². The Morgan fingerprint density at radius 2 is 1.77 bits per heavy atom. The van der Waals surface area contributed by atoms with E-state index in [-0.39, 0.29) is 17.3 Å². The molecule has 1 spiro atoms. The summed E-state index contributed by atoms with van der Waals surface area (Å²) in [6.07, 6.45) is 1.56. The molecule has 2 rings (SSSR count). The van der Waals surface area contributed by atoms with E-state index in [4.69, 9.17) is 9.47 Å². The third kappa shape index (κ3) is 4.35. The monoisotopic (exact) mass is 312 g/mol. The number of carbonyl (C=O) groups is 1. The molecule has 2 saturated heterocycles. The fourth-order valence-corrected chi connectivity index (χ4v) is 3.56. The largest absolute Gasteiger partial charge is 0.444 e. The Kier molecular flexibility index (Phi) is 4.79. The lowest BCUT2D eigenvalue weighted by atomic mass is 9.86. The molecule has 2 aliphatic heterocycles. The summed E-state index contributed by atoms with van der Waals surface area (Å²) < 4.78 is 11.9. The number of likely N-dealkylation sites (tertiary alicyclic amines) is 1. The van der Waals surface area contributed by atoms with Crippen LogP contribution >= 0.6 is 0 Å². The van der Waals surface area contributed by atoms with Crippen molar-refractivity contribution in [2.24, 2.45) is 0 Å². The van der Waals surface area contributed by atoms with Crippen molar-refractivity contribution in [1.82, 2.24) is 9.80 Å². The van der Waals surface area contributed by atoms with Gasteiger partial charge in [0.2, 0.25) is 0 Å². The fourth-order valence-electron chi connectivity index (χ4n) is 3.56. The van der Waals surface area contributed by atoms with Crippen LogP contribution < -0.4 is 0 Å². The number of hydrogen-bond acceptors (Lipinski definition) is 4. The van der Waals surface area contributed by atoms with Crippen molar-refractivity contribution >= 4 is 6.09 Å². The maximum absolute atomic E-state index is 12.2. The first-order chi connectivity index (χ1) is 10.0. The molecule has 0 N–H and O–H groups in total. The van der Waals surface area contributed by atoms with Crippen molar-refractivity contribution in [3.63, 3.8) is 0 Å². The van der Waals surface area contributed by atoms with Crippen LogP contribution in [0.5, 0.6) is 0 Å². The first-order valence-electron chi connectivity index (χ1n) is 8.45. The van der Waals surface area contributed by atoms with Gasteiger partial charge in [0.15, 0.2) is 0 Å². The quantitative estimate of drug-likeness (QED) is 0.746. The zero-order valence-electron chi connectivity index (χ0n) is 15.1. The van der Waals surface area contributed by atoms with Gasteiger partial charge in [-0.15, -0.1) is 0 Å². The van der Waals surface area contributed by atoms with E-state index in [1.807, 2.05) is 25.7 Å². The molecule has 0 radical (unpaired) electrons. The Balaban J connectivity index is 1.97. The fraction of sp³-hybridized carbons (Fsp3) is 0.941. The Morgan fingerprint density at radius 1 is 1.18 bits per heavy atom. The Hall–Kier alpha value is -0.810. The molecule has 1 amide bonds. The summed E-state index contributed by atoms with van der Waals surface area (Å²) >= 11 is 0. The third-order valence-electron chi connectivity index (χ3n) is 4.38. The van der Waals surface area contributed by atoms with Crippen molar-refractivity contribution in [3.05, 3.63) is 0 Å². The Labute approximate surface area is 134 Å². The Bertz CT molecular complexity index is 407. The van der Waals surface area contributed by atoms with E-state index in [9.17, 15) is 4.79 Å². The highest BCUT2D eigenvalue weighted by Gasteiger charge is 2.46. The number of ether oxygens (including phenoxy) is 2. The van der Waals surface area contributed by atoms with Gasteiger partial charge in [-0.3, -0.25) is 4.90 Å². The lowest BCUT2D eigenvalue weighted by Gasteiger charge is -2.52. The van der Waals surface area contributed by atoms with Crippen LogP contribution in [0.3, 0.4) is 0 Å². The van der Waals surface area contributed by atoms with E-state index < -0.39 is 5.60 Å². The molecule has 0 unspecified atom stereocenters. The van der Waals surface area contributed by atoms with Crippen molar-refractivity contribution in [3.8, 4) is 0 Å². The van der Waals surface area contributed by atoms with Crippen molar-refractivity contribution in [1.29, 1.82) is 0 Å². The summed E-state index contributed by atoms with van der Waals surface area (Å²) in [6.45, 7) is 16.6. The van der Waals surface area contributed by atoms with Crippen molar-refractivity contribution < 1.29 is 14.3 Å². The van der Waals surface area contributed by atoms with Gasteiger partial charge in [-0.25, -0.2) is 4.79 Å². The van der Waals surface area contributed by atoms with Crippen LogP contribution in [0, 0.1) is 0 Å². The number of morpholine rings is 1. The highest BCUT2D eigenvalue weighted by Crippen LogP contribution is 2.36. The van der Waals surface area contributed by atoms with Gasteiger partial charge in [-0.05, 0) is 54.0 Å². The number of likely N-dealkylation sites (N-methyl/N-ethyl adjacent to an activating group) is 1. The van der Waals surface area contributed by atoms with Gasteiger partial charge >= 0.3 is 6.09 Å². The normalized spacial score (nSPS) is 25.3. The second-order valence-corrected chi connectivity index (χ2v) is 8.32. The van der Waals surface area contributed by atoms with Crippen LogP contribution in [0.2, 0.25) is 0 Å². The smallest absolute Gasteiger partial charge is 0.410 e. The maximum Gasteiger partial charge on any atom is 0.410 e. The predicted octanol–water partition coefficient (Wildman–Crippen LogP) is 2.89. The number of amides is 1. The van der Waals surface area contributed by atoms with Gasteiger partial charge in [-0.1, -0.05) is 6.92 Å². The van der Waals surface area contributed by atoms with Crippen LogP contribution in [0.1, 0.15) is 54.4 Å². The molecule has 0 bridgehead atoms. The molecule has 0 aromatic rings. The van der Waals surface area contributed by atoms with Crippen LogP contribution in [-0.4, -0.2) is 65.4 Å². The average molecular weight is 312 g/mol. The van der Waals surface area contributed by atoms with Gasteiger partial charge in [-0.2, -0.15) is 0 Å². The Morgan fingerprint density at radius 3 is 2.27 bits per heavy atom. The molecule has 5 heteroatoms. The minimum Gasteiger partial charge on any atom is -0.444 e. The predicted molar refractivity (Wildman–Crippen MR) is 87.1 cm³/mol. The molecule has 0 saturated carbocycles. The zero-order valence-corrected chi connectivity index (χ0v) is 15.1. The first kappa shape index (κ1) is 17.5. The number of rotatable bonds is 1. The SMILES string of the molecule is CCN1CC(C)(C)OC2(CCN(C(=O)OC(C)(C)C)CC2)C1. The standard InChI is InChI=1S/C17H32N2O3/c1-7-18-12-16(5,6)22-17(13-18)8-10-19(11-9-17)14(20)21-15(2,3)4/h7-13H2,1-6H3. The highest BCUT2D eigenvalue weighted by molar-refractivity contribution is 5.68. The second-order valence-electron chi connectivity index (χ2n) is 8.32. The van der Waals surface area contributed by atoms with Crippen LogP contribution in [0.25, 0.3) is 0 Å². The molecular weight excluding hydrogens is 280 g/mol. The molecule has 0 aromatic carbocycles.